The lowest BCUT2D eigenvalue weighted by Gasteiger charge is -2.34. The van der Waals surface area contributed by atoms with E-state index in [0.29, 0.717) is 30.2 Å². The van der Waals surface area contributed by atoms with E-state index in [-0.39, 0.29) is 31.4 Å². The minimum Gasteiger partial charge on any atom is -0.489 e. The van der Waals surface area contributed by atoms with Crippen molar-refractivity contribution in [3.8, 4) is 5.75 Å². The number of amides is 2. The summed E-state index contributed by atoms with van der Waals surface area (Å²) in [6.45, 7) is 4.17. The first kappa shape index (κ1) is 26.6. The van der Waals surface area contributed by atoms with E-state index in [1.165, 1.54) is 4.90 Å². The van der Waals surface area contributed by atoms with Crippen LogP contribution in [0.4, 0.5) is 0 Å². The van der Waals surface area contributed by atoms with E-state index in [2.05, 4.69) is 10.3 Å². The van der Waals surface area contributed by atoms with E-state index in [0.717, 1.165) is 16.7 Å². The highest BCUT2D eigenvalue weighted by Gasteiger charge is 2.37. The molecule has 0 spiro atoms. The molecule has 1 aliphatic rings. The van der Waals surface area contributed by atoms with Crippen LogP contribution in [-0.2, 0) is 32.3 Å². The van der Waals surface area contributed by atoms with Gasteiger partial charge >= 0.3 is 5.97 Å². The van der Waals surface area contributed by atoms with Crippen LogP contribution in [-0.4, -0.2) is 40.8 Å². The van der Waals surface area contributed by atoms with Gasteiger partial charge in [0.15, 0.2) is 0 Å². The van der Waals surface area contributed by atoms with Gasteiger partial charge in [-0.15, -0.1) is 0 Å². The summed E-state index contributed by atoms with van der Waals surface area (Å²) in [7, 11) is 0. The maximum Gasteiger partial charge on any atom is 0.336 e. The van der Waals surface area contributed by atoms with Crippen LogP contribution in [0.25, 0.3) is 0 Å². The second-order valence-corrected chi connectivity index (χ2v) is 8.94. The molecule has 4 rings (SSSR count). The number of hydrogen-bond acceptors (Lipinski definition) is 6. The summed E-state index contributed by atoms with van der Waals surface area (Å²) in [4.78, 5) is 44.2. The van der Waals surface area contributed by atoms with Crippen LogP contribution < -0.4 is 10.1 Å². The summed E-state index contributed by atoms with van der Waals surface area (Å²) in [6, 6.07) is 20.9. The molecule has 1 unspecified atom stereocenters. The number of nitrogens with one attached hydrogen (secondary N) is 1. The van der Waals surface area contributed by atoms with Crippen LogP contribution >= 0.6 is 0 Å². The average molecular weight is 514 g/mol. The largest absolute Gasteiger partial charge is 0.489 e. The standard InChI is InChI=1S/C30H31N3O5/c1-3-37-30(36)29-21(2)33(19-27(34)32-18-23-10-7-15-31-17-23)28(35)16-26(29)24-11-13-25(14-12-24)38-20-22-8-5-4-6-9-22/h4-15,17,26H,3,16,18-20H2,1-2H3,(H,32,34). The molecule has 1 N–H and O–H groups in total. The highest BCUT2D eigenvalue weighted by atomic mass is 16.5. The molecule has 196 valence electrons. The third-order valence-electron chi connectivity index (χ3n) is 6.36. The Kier molecular flexibility index (Phi) is 8.87. The molecule has 0 aliphatic carbocycles. The molecule has 0 saturated carbocycles. The van der Waals surface area contributed by atoms with Crippen LogP contribution in [0.2, 0.25) is 0 Å². The third-order valence-corrected chi connectivity index (χ3v) is 6.36. The zero-order chi connectivity index (χ0) is 26.9. The molecule has 1 aromatic heterocycles. The number of benzene rings is 2. The van der Waals surface area contributed by atoms with Gasteiger partial charge in [-0.05, 0) is 48.7 Å². The zero-order valence-corrected chi connectivity index (χ0v) is 21.6. The number of aromatic nitrogens is 1. The Hall–Kier alpha value is -4.46. The summed E-state index contributed by atoms with van der Waals surface area (Å²) >= 11 is 0. The lowest BCUT2D eigenvalue weighted by atomic mass is 9.83. The molecule has 2 amide bonds. The first-order valence-corrected chi connectivity index (χ1v) is 12.6. The van der Waals surface area contributed by atoms with Gasteiger partial charge in [0.05, 0.1) is 12.2 Å². The maximum atomic E-state index is 13.2. The molecule has 3 aromatic rings. The molecule has 8 nitrogen and oxygen atoms in total. The normalized spacial score (nSPS) is 15.3. The first-order valence-electron chi connectivity index (χ1n) is 12.6. The molecular formula is C30H31N3O5. The van der Waals surface area contributed by atoms with E-state index < -0.39 is 11.9 Å². The maximum absolute atomic E-state index is 13.2. The Morgan fingerprint density at radius 1 is 1.03 bits per heavy atom. The van der Waals surface area contributed by atoms with Gasteiger partial charge in [-0.3, -0.25) is 14.6 Å². The quantitative estimate of drug-likeness (QED) is 0.410. The van der Waals surface area contributed by atoms with Gasteiger partial charge < -0.3 is 19.7 Å². The molecule has 8 heteroatoms. The van der Waals surface area contributed by atoms with E-state index in [9.17, 15) is 14.4 Å². The molecule has 0 radical (unpaired) electrons. The van der Waals surface area contributed by atoms with Gasteiger partial charge in [0.2, 0.25) is 11.8 Å². The van der Waals surface area contributed by atoms with E-state index in [1.54, 1.807) is 32.3 Å². The summed E-state index contributed by atoms with van der Waals surface area (Å²) < 4.78 is 11.2. The van der Waals surface area contributed by atoms with Crippen LogP contribution in [0.5, 0.6) is 5.75 Å². The van der Waals surface area contributed by atoms with Crippen molar-refractivity contribution in [3.05, 3.63) is 107 Å². The lowest BCUT2D eigenvalue weighted by Crippen LogP contribution is -2.44. The topological polar surface area (TPSA) is 97.8 Å². The van der Waals surface area contributed by atoms with Crippen LogP contribution in [0, 0.1) is 0 Å². The number of ether oxygens (including phenoxy) is 2. The van der Waals surface area contributed by atoms with Crippen molar-refractivity contribution in [2.45, 2.75) is 39.3 Å². The number of rotatable bonds is 10. The van der Waals surface area contributed by atoms with Gasteiger partial charge in [-0.2, -0.15) is 0 Å². The van der Waals surface area contributed by atoms with Crippen molar-refractivity contribution in [2.24, 2.45) is 0 Å². The summed E-state index contributed by atoms with van der Waals surface area (Å²) in [6.07, 6.45) is 3.37. The minimum atomic E-state index is -0.493. The fraction of sp³-hybridized carbons (Fsp3) is 0.267. The van der Waals surface area contributed by atoms with Crippen LogP contribution in [0.15, 0.2) is 90.4 Å². The Labute approximate surface area is 222 Å². The molecule has 0 saturated heterocycles. The molecule has 2 aromatic carbocycles. The van der Waals surface area contributed by atoms with E-state index in [1.807, 2.05) is 60.7 Å². The molecule has 1 atom stereocenters. The van der Waals surface area contributed by atoms with Crippen molar-refractivity contribution in [1.29, 1.82) is 0 Å². The first-order chi connectivity index (χ1) is 18.5. The Balaban J connectivity index is 1.50. The second kappa shape index (κ2) is 12.7. The predicted molar refractivity (Wildman–Crippen MR) is 142 cm³/mol. The summed E-state index contributed by atoms with van der Waals surface area (Å²) in [5.41, 5.74) is 3.51. The number of allylic oxidation sites excluding steroid dienone is 1. The number of pyridine rings is 1. The Bertz CT molecular complexity index is 1290. The van der Waals surface area contributed by atoms with Crippen molar-refractivity contribution in [1.82, 2.24) is 15.2 Å². The highest BCUT2D eigenvalue weighted by Crippen LogP contribution is 2.37. The molecule has 0 bridgehead atoms. The van der Waals surface area contributed by atoms with Gasteiger partial charge in [0, 0.05) is 37.0 Å². The van der Waals surface area contributed by atoms with Gasteiger partial charge in [-0.25, -0.2) is 4.79 Å². The number of nitrogens with zero attached hydrogens (tertiary/aromatic N) is 2. The monoisotopic (exact) mass is 513 g/mol. The van der Waals surface area contributed by atoms with Crippen LogP contribution in [0.1, 0.15) is 42.9 Å². The van der Waals surface area contributed by atoms with Gasteiger partial charge in [0.25, 0.3) is 0 Å². The SMILES string of the molecule is CCOC(=O)C1=C(C)N(CC(=O)NCc2cccnc2)C(=O)CC1c1ccc(OCc2ccccc2)cc1. The molecule has 0 fully saturated rings. The predicted octanol–water partition coefficient (Wildman–Crippen LogP) is 4.13. The fourth-order valence-electron chi connectivity index (χ4n) is 4.40. The van der Waals surface area contributed by atoms with Crippen molar-refractivity contribution < 1.29 is 23.9 Å². The van der Waals surface area contributed by atoms with Gasteiger partial charge in [-0.1, -0.05) is 48.5 Å². The molecule has 2 heterocycles. The lowest BCUT2D eigenvalue weighted by molar-refractivity contribution is -0.141. The highest BCUT2D eigenvalue weighted by molar-refractivity contribution is 5.97. The second-order valence-electron chi connectivity index (χ2n) is 8.94. The smallest absolute Gasteiger partial charge is 0.336 e. The fourth-order valence-corrected chi connectivity index (χ4v) is 4.40. The molecule has 1 aliphatic heterocycles. The third kappa shape index (κ3) is 6.64. The van der Waals surface area contributed by atoms with E-state index >= 15 is 0 Å². The number of hydrogen-bond donors (Lipinski definition) is 1. The van der Waals surface area contributed by atoms with Gasteiger partial charge in [0.1, 0.15) is 18.9 Å². The van der Waals surface area contributed by atoms with E-state index in [4.69, 9.17) is 9.47 Å². The van der Waals surface area contributed by atoms with Crippen molar-refractivity contribution >= 4 is 17.8 Å². The zero-order valence-electron chi connectivity index (χ0n) is 21.6. The number of carbonyl (C=O) groups is 3. The summed E-state index contributed by atoms with van der Waals surface area (Å²) in [5, 5.41) is 2.80. The van der Waals surface area contributed by atoms with Crippen molar-refractivity contribution in [2.75, 3.05) is 13.2 Å². The molecular weight excluding hydrogens is 482 g/mol. The van der Waals surface area contributed by atoms with Crippen LogP contribution in [0.3, 0.4) is 0 Å². The average Bonchev–Trinajstić information content (AvgIpc) is 2.94. The summed E-state index contributed by atoms with van der Waals surface area (Å²) in [5.74, 6) is -0.859. The number of carbonyl (C=O) groups excluding carboxylic acids is 3. The number of esters is 1. The Morgan fingerprint density at radius 2 is 1.76 bits per heavy atom. The minimum absolute atomic E-state index is 0.0472. The molecule has 38 heavy (non-hydrogen) atoms. The Morgan fingerprint density at radius 3 is 2.45 bits per heavy atom. The van der Waals surface area contributed by atoms with Crippen molar-refractivity contribution in [3.63, 3.8) is 0 Å².